The van der Waals surface area contributed by atoms with E-state index in [1.165, 1.54) is 10.3 Å². The van der Waals surface area contributed by atoms with Crippen LogP contribution in [0.25, 0.3) is 10.2 Å². The number of carbonyl (C=O) groups is 1. The molecule has 146 valence electrons. The minimum Gasteiger partial charge on any atom is -0.444 e. The van der Waals surface area contributed by atoms with Gasteiger partial charge in [0.2, 0.25) is 0 Å². The first-order chi connectivity index (χ1) is 12.8. The standard InChI is InChI=1S/C20H28N4O2S/c1-5-14-8-15-16(21-12-22-17(15)27-14)24-10-20(11-24)7-6-13(9-20)23-18(25)26-19(2,3)4/h8,12-13H,5-7,9-11H2,1-4H3,(H,23,25). The maximum Gasteiger partial charge on any atom is 0.407 e. The van der Waals surface area contributed by atoms with Crippen LogP contribution in [0.3, 0.4) is 0 Å². The van der Waals surface area contributed by atoms with Crippen molar-refractivity contribution in [1.82, 2.24) is 15.3 Å². The second kappa shape index (κ2) is 6.62. The Labute approximate surface area is 164 Å². The van der Waals surface area contributed by atoms with Crippen molar-refractivity contribution in [2.45, 2.75) is 65.0 Å². The SMILES string of the molecule is CCc1cc2c(N3CC4(CCC(NC(=O)OC(C)(C)C)C4)C3)ncnc2s1. The number of rotatable bonds is 3. The number of aryl methyl sites for hydroxylation is 1. The highest BCUT2D eigenvalue weighted by Crippen LogP contribution is 2.48. The van der Waals surface area contributed by atoms with E-state index in [1.54, 1.807) is 17.7 Å². The molecule has 6 nitrogen and oxygen atoms in total. The Kier molecular flexibility index (Phi) is 4.53. The summed E-state index contributed by atoms with van der Waals surface area (Å²) in [6, 6.07) is 2.45. The van der Waals surface area contributed by atoms with E-state index < -0.39 is 5.60 Å². The molecule has 4 rings (SSSR count). The molecule has 1 N–H and O–H groups in total. The first kappa shape index (κ1) is 18.5. The molecule has 1 unspecified atom stereocenters. The van der Waals surface area contributed by atoms with Crippen molar-refractivity contribution in [2.75, 3.05) is 18.0 Å². The van der Waals surface area contributed by atoms with Crippen LogP contribution in [0.15, 0.2) is 12.4 Å². The summed E-state index contributed by atoms with van der Waals surface area (Å²) >= 11 is 1.76. The number of ether oxygens (including phenoxy) is 1. The van der Waals surface area contributed by atoms with E-state index in [1.807, 2.05) is 20.8 Å². The molecule has 3 heterocycles. The average molecular weight is 389 g/mol. The predicted molar refractivity (Wildman–Crippen MR) is 108 cm³/mol. The summed E-state index contributed by atoms with van der Waals surface area (Å²) in [6.45, 7) is 9.86. The lowest BCUT2D eigenvalue weighted by Crippen LogP contribution is -2.56. The number of aromatic nitrogens is 2. The molecule has 0 bridgehead atoms. The molecule has 1 saturated carbocycles. The van der Waals surface area contributed by atoms with Gasteiger partial charge in [0.1, 0.15) is 22.6 Å². The van der Waals surface area contributed by atoms with Gasteiger partial charge in [-0.15, -0.1) is 11.3 Å². The van der Waals surface area contributed by atoms with Crippen LogP contribution < -0.4 is 10.2 Å². The Morgan fingerprint density at radius 3 is 2.89 bits per heavy atom. The van der Waals surface area contributed by atoms with Gasteiger partial charge in [-0.2, -0.15) is 0 Å². The number of anilines is 1. The van der Waals surface area contributed by atoms with E-state index in [4.69, 9.17) is 4.74 Å². The van der Waals surface area contributed by atoms with E-state index in [9.17, 15) is 4.79 Å². The van der Waals surface area contributed by atoms with Crippen molar-refractivity contribution in [1.29, 1.82) is 0 Å². The third-order valence-corrected chi connectivity index (χ3v) is 6.67. The fourth-order valence-electron chi connectivity index (χ4n) is 4.32. The molecule has 2 aromatic rings. The fraction of sp³-hybridized carbons (Fsp3) is 0.650. The maximum absolute atomic E-state index is 12.0. The molecule has 1 aliphatic carbocycles. The first-order valence-corrected chi connectivity index (χ1v) is 10.6. The number of hydrogen-bond donors (Lipinski definition) is 1. The molecule has 1 amide bonds. The number of nitrogens with zero attached hydrogens (tertiary/aromatic N) is 3. The summed E-state index contributed by atoms with van der Waals surface area (Å²) in [5, 5.41) is 4.23. The van der Waals surface area contributed by atoms with Gasteiger partial charge < -0.3 is 15.0 Å². The minimum absolute atomic E-state index is 0.209. The number of nitrogens with one attached hydrogen (secondary N) is 1. The Balaban J connectivity index is 1.38. The monoisotopic (exact) mass is 388 g/mol. The van der Waals surface area contributed by atoms with Crippen LogP contribution in [0, 0.1) is 5.41 Å². The summed E-state index contributed by atoms with van der Waals surface area (Å²) in [7, 11) is 0. The lowest BCUT2D eigenvalue weighted by Gasteiger charge is -2.49. The van der Waals surface area contributed by atoms with Gasteiger partial charge in [-0.05, 0) is 52.5 Å². The summed E-state index contributed by atoms with van der Waals surface area (Å²) in [5.41, 5.74) is -0.162. The highest BCUT2D eigenvalue weighted by molar-refractivity contribution is 7.18. The maximum atomic E-state index is 12.0. The number of amides is 1. The molecule has 0 aromatic carbocycles. The van der Waals surface area contributed by atoms with Gasteiger partial charge in [0, 0.05) is 29.4 Å². The van der Waals surface area contributed by atoms with Gasteiger partial charge >= 0.3 is 6.09 Å². The zero-order valence-electron chi connectivity index (χ0n) is 16.5. The lowest BCUT2D eigenvalue weighted by atomic mass is 9.78. The highest BCUT2D eigenvalue weighted by atomic mass is 32.1. The normalized spacial score (nSPS) is 21.5. The number of hydrogen-bond acceptors (Lipinski definition) is 6. The molecule has 1 spiro atoms. The topological polar surface area (TPSA) is 67.4 Å². The number of thiophene rings is 1. The van der Waals surface area contributed by atoms with E-state index in [2.05, 4.69) is 33.2 Å². The Morgan fingerprint density at radius 1 is 1.41 bits per heavy atom. The van der Waals surface area contributed by atoms with Crippen molar-refractivity contribution in [2.24, 2.45) is 5.41 Å². The van der Waals surface area contributed by atoms with Crippen LogP contribution in [-0.4, -0.2) is 40.8 Å². The average Bonchev–Trinajstić information content (AvgIpc) is 3.15. The van der Waals surface area contributed by atoms with Crippen LogP contribution in [0.4, 0.5) is 10.6 Å². The van der Waals surface area contributed by atoms with Gasteiger partial charge in [-0.1, -0.05) is 6.92 Å². The molecule has 2 aliphatic rings. The van der Waals surface area contributed by atoms with Gasteiger partial charge in [-0.3, -0.25) is 0 Å². The Morgan fingerprint density at radius 2 is 2.19 bits per heavy atom. The van der Waals surface area contributed by atoms with Gasteiger partial charge in [0.15, 0.2) is 0 Å². The summed E-state index contributed by atoms with van der Waals surface area (Å²) in [6.07, 6.45) is 5.58. The molecular weight excluding hydrogens is 360 g/mol. The summed E-state index contributed by atoms with van der Waals surface area (Å²) < 4.78 is 5.39. The van der Waals surface area contributed by atoms with Gasteiger partial charge in [-0.25, -0.2) is 14.8 Å². The summed E-state index contributed by atoms with van der Waals surface area (Å²) in [5.74, 6) is 1.06. The molecule has 7 heteroatoms. The predicted octanol–water partition coefficient (Wildman–Crippen LogP) is 4.14. The number of carbonyl (C=O) groups excluding carboxylic acids is 1. The molecule has 0 radical (unpaired) electrons. The first-order valence-electron chi connectivity index (χ1n) is 9.75. The molecular formula is C20H28N4O2S. The van der Waals surface area contributed by atoms with E-state index in [-0.39, 0.29) is 12.1 Å². The number of fused-ring (bicyclic) bond motifs is 1. The third-order valence-electron chi connectivity index (χ3n) is 5.48. The molecule has 2 fully saturated rings. The van der Waals surface area contributed by atoms with E-state index in [0.29, 0.717) is 5.41 Å². The zero-order valence-corrected chi connectivity index (χ0v) is 17.4. The second-order valence-electron chi connectivity index (χ2n) is 8.92. The molecule has 1 saturated heterocycles. The third kappa shape index (κ3) is 3.74. The zero-order chi connectivity index (χ0) is 19.2. The van der Waals surface area contributed by atoms with Gasteiger partial charge in [0.05, 0.1) is 5.39 Å². The van der Waals surface area contributed by atoms with Crippen molar-refractivity contribution >= 4 is 33.5 Å². The van der Waals surface area contributed by atoms with Crippen LogP contribution in [0.2, 0.25) is 0 Å². The molecule has 1 aliphatic heterocycles. The van der Waals surface area contributed by atoms with Crippen molar-refractivity contribution in [3.63, 3.8) is 0 Å². The molecule has 1 atom stereocenters. The van der Waals surface area contributed by atoms with Crippen LogP contribution >= 0.6 is 11.3 Å². The van der Waals surface area contributed by atoms with Crippen molar-refractivity contribution < 1.29 is 9.53 Å². The van der Waals surface area contributed by atoms with Gasteiger partial charge in [0.25, 0.3) is 0 Å². The largest absolute Gasteiger partial charge is 0.444 e. The minimum atomic E-state index is -0.454. The van der Waals surface area contributed by atoms with Crippen LogP contribution in [0.5, 0.6) is 0 Å². The van der Waals surface area contributed by atoms with E-state index in [0.717, 1.165) is 49.4 Å². The smallest absolute Gasteiger partial charge is 0.407 e. The highest BCUT2D eigenvalue weighted by Gasteiger charge is 2.49. The molecule has 2 aromatic heterocycles. The van der Waals surface area contributed by atoms with Crippen LogP contribution in [-0.2, 0) is 11.2 Å². The number of alkyl carbamates (subject to hydrolysis) is 1. The second-order valence-corrected chi connectivity index (χ2v) is 10.0. The Bertz CT molecular complexity index is 851. The van der Waals surface area contributed by atoms with Crippen molar-refractivity contribution in [3.05, 3.63) is 17.3 Å². The molecule has 27 heavy (non-hydrogen) atoms. The Hall–Kier alpha value is -1.89. The lowest BCUT2D eigenvalue weighted by molar-refractivity contribution is 0.0501. The quantitative estimate of drug-likeness (QED) is 0.856. The van der Waals surface area contributed by atoms with Crippen LogP contribution in [0.1, 0.15) is 51.8 Å². The summed E-state index contributed by atoms with van der Waals surface area (Å²) in [4.78, 5) is 25.8. The fourth-order valence-corrected chi connectivity index (χ4v) is 5.25. The van der Waals surface area contributed by atoms with E-state index >= 15 is 0 Å². The van der Waals surface area contributed by atoms with Crippen molar-refractivity contribution in [3.8, 4) is 0 Å².